The molecule has 1 fully saturated rings. The number of nitrogens with zero attached hydrogens (tertiary/aromatic N) is 2. The lowest BCUT2D eigenvalue weighted by Gasteiger charge is -2.27. The molecule has 0 saturated carbocycles. The zero-order valence-electron chi connectivity index (χ0n) is 19.6. The lowest BCUT2D eigenvalue weighted by Crippen LogP contribution is -2.54. The Morgan fingerprint density at radius 1 is 0.972 bits per heavy atom. The minimum Gasteiger partial charge on any atom is -0.505 e. The zero-order valence-corrected chi connectivity index (χ0v) is 19.6. The van der Waals surface area contributed by atoms with E-state index in [0.717, 1.165) is 19.2 Å². The molecule has 0 bridgehead atoms. The number of carbonyl (C=O) groups is 3. The summed E-state index contributed by atoms with van der Waals surface area (Å²) in [5, 5.41) is 19.2. The molecule has 3 heterocycles. The molecule has 0 radical (unpaired) electrons. The highest BCUT2D eigenvalue weighted by Gasteiger charge is 2.27. The normalized spacial score (nSPS) is 17.6. The van der Waals surface area contributed by atoms with Crippen LogP contribution in [0, 0.1) is 12.7 Å². The number of amides is 2. The number of aromatic nitrogens is 2. The van der Waals surface area contributed by atoms with Gasteiger partial charge in [0.05, 0.1) is 24.0 Å². The van der Waals surface area contributed by atoms with Crippen molar-refractivity contribution in [2.45, 2.75) is 31.8 Å². The number of rotatable bonds is 6. The van der Waals surface area contributed by atoms with Gasteiger partial charge in [-0.25, -0.2) is 4.39 Å². The van der Waals surface area contributed by atoms with E-state index in [0.29, 0.717) is 24.1 Å². The topological polar surface area (TPSA) is 133 Å². The van der Waals surface area contributed by atoms with Crippen LogP contribution < -0.4 is 16.0 Å². The third kappa shape index (κ3) is 5.55. The molecule has 186 valence electrons. The van der Waals surface area contributed by atoms with Crippen molar-refractivity contribution in [1.29, 1.82) is 0 Å². The first-order chi connectivity index (χ1) is 17.3. The second kappa shape index (κ2) is 11.0. The predicted octanol–water partition coefficient (Wildman–Crippen LogP) is 2.14. The molecule has 1 aromatic carbocycles. The Bertz CT molecular complexity index is 1270. The van der Waals surface area contributed by atoms with Crippen LogP contribution in [-0.2, 0) is 0 Å². The van der Waals surface area contributed by atoms with Crippen molar-refractivity contribution in [2.24, 2.45) is 0 Å². The average Bonchev–Trinajstić information content (AvgIpc) is 3.11. The molecule has 2 amide bonds. The van der Waals surface area contributed by atoms with Crippen molar-refractivity contribution in [1.82, 2.24) is 25.9 Å². The molecule has 4 rings (SSSR count). The molecule has 0 spiro atoms. The van der Waals surface area contributed by atoms with Crippen LogP contribution in [-0.4, -0.2) is 57.8 Å². The van der Waals surface area contributed by atoms with Gasteiger partial charge in [0.2, 0.25) is 0 Å². The molecule has 2 atom stereocenters. The fraction of sp³-hybridized carbons (Fsp3) is 0.269. The first-order valence-corrected chi connectivity index (χ1v) is 11.6. The Morgan fingerprint density at radius 3 is 2.28 bits per heavy atom. The van der Waals surface area contributed by atoms with Crippen LogP contribution >= 0.6 is 0 Å². The van der Waals surface area contributed by atoms with E-state index in [1.54, 1.807) is 24.5 Å². The van der Waals surface area contributed by atoms with Crippen molar-refractivity contribution in [3.8, 4) is 5.75 Å². The van der Waals surface area contributed by atoms with Crippen molar-refractivity contribution >= 4 is 17.6 Å². The van der Waals surface area contributed by atoms with Gasteiger partial charge < -0.3 is 21.1 Å². The third-order valence-electron chi connectivity index (χ3n) is 6.10. The second-order valence-corrected chi connectivity index (χ2v) is 8.57. The standard InChI is InChI=1S/C26H26FN5O4/c1-15-23(27)22(21(33)14-30-15)24(34)16-4-6-17(7-5-16)25(35)31-19-3-2-10-29-13-20(19)32-26(36)18-8-11-28-12-9-18/h4-9,11-12,14,19-20,29,33H,2-3,10,13H2,1H3,(H,31,35)(H,32,36)/t19-,20-/m1/s1. The van der Waals surface area contributed by atoms with E-state index in [1.165, 1.54) is 31.2 Å². The maximum Gasteiger partial charge on any atom is 0.251 e. The van der Waals surface area contributed by atoms with E-state index in [4.69, 9.17) is 0 Å². The SMILES string of the molecule is Cc1ncc(O)c(C(=O)c2ccc(C(=O)N[C@@H]3CCCNC[C@H]3NC(=O)c3ccncc3)cc2)c1F. The smallest absolute Gasteiger partial charge is 0.251 e. The highest BCUT2D eigenvalue weighted by molar-refractivity contribution is 6.11. The van der Waals surface area contributed by atoms with Crippen molar-refractivity contribution in [3.05, 3.63) is 88.8 Å². The molecule has 9 nitrogen and oxygen atoms in total. The summed E-state index contributed by atoms with van der Waals surface area (Å²) in [6.07, 6.45) is 5.59. The molecule has 36 heavy (non-hydrogen) atoms. The number of nitrogens with one attached hydrogen (secondary N) is 3. The molecule has 2 aromatic heterocycles. The number of halogens is 1. The first kappa shape index (κ1) is 24.9. The third-order valence-corrected chi connectivity index (χ3v) is 6.10. The van der Waals surface area contributed by atoms with Gasteiger partial charge in [-0.05, 0) is 50.6 Å². The van der Waals surface area contributed by atoms with Gasteiger partial charge in [0, 0.05) is 35.6 Å². The lowest BCUT2D eigenvalue weighted by molar-refractivity contribution is 0.0882. The van der Waals surface area contributed by atoms with Gasteiger partial charge in [0.25, 0.3) is 11.8 Å². The summed E-state index contributed by atoms with van der Waals surface area (Å²) in [4.78, 5) is 46.0. The molecule has 0 unspecified atom stereocenters. The fourth-order valence-electron chi connectivity index (χ4n) is 4.08. The first-order valence-electron chi connectivity index (χ1n) is 11.6. The van der Waals surface area contributed by atoms with Crippen LogP contribution in [0.2, 0.25) is 0 Å². The summed E-state index contributed by atoms with van der Waals surface area (Å²) in [6, 6.07) is 8.33. The summed E-state index contributed by atoms with van der Waals surface area (Å²) in [6.45, 7) is 2.66. The van der Waals surface area contributed by atoms with Gasteiger partial charge in [0.15, 0.2) is 11.6 Å². The monoisotopic (exact) mass is 491 g/mol. The van der Waals surface area contributed by atoms with Gasteiger partial charge in [-0.15, -0.1) is 0 Å². The van der Waals surface area contributed by atoms with E-state index >= 15 is 0 Å². The molecule has 4 N–H and O–H groups in total. The number of aryl methyl sites for hydroxylation is 1. The van der Waals surface area contributed by atoms with Gasteiger partial charge in [-0.2, -0.15) is 0 Å². The van der Waals surface area contributed by atoms with Crippen LogP contribution in [0.5, 0.6) is 5.75 Å². The van der Waals surface area contributed by atoms with Crippen LogP contribution in [0.1, 0.15) is 55.2 Å². The molecule has 1 saturated heterocycles. The summed E-state index contributed by atoms with van der Waals surface area (Å²) in [5.41, 5.74) is 0.437. The number of benzene rings is 1. The highest BCUT2D eigenvalue weighted by Crippen LogP contribution is 2.24. The quantitative estimate of drug-likeness (QED) is 0.388. The summed E-state index contributed by atoms with van der Waals surface area (Å²) in [7, 11) is 0. The van der Waals surface area contributed by atoms with Gasteiger partial charge in [0.1, 0.15) is 11.3 Å². The van der Waals surface area contributed by atoms with E-state index < -0.39 is 22.9 Å². The van der Waals surface area contributed by atoms with Crippen LogP contribution in [0.4, 0.5) is 4.39 Å². The van der Waals surface area contributed by atoms with Crippen molar-refractivity contribution in [3.63, 3.8) is 0 Å². The highest BCUT2D eigenvalue weighted by atomic mass is 19.1. The van der Waals surface area contributed by atoms with E-state index in [9.17, 15) is 23.9 Å². The molecular weight excluding hydrogens is 465 g/mol. The minimum atomic E-state index is -0.886. The number of ketones is 1. The number of hydrogen-bond donors (Lipinski definition) is 4. The Kier molecular flexibility index (Phi) is 7.65. The van der Waals surface area contributed by atoms with Crippen molar-refractivity contribution in [2.75, 3.05) is 13.1 Å². The number of hydrogen-bond acceptors (Lipinski definition) is 7. The molecule has 0 aliphatic carbocycles. The zero-order chi connectivity index (χ0) is 25.7. The summed E-state index contributed by atoms with van der Waals surface area (Å²) >= 11 is 0. The maximum atomic E-state index is 14.4. The van der Waals surface area contributed by atoms with Crippen LogP contribution in [0.15, 0.2) is 55.0 Å². The molecule has 1 aliphatic rings. The maximum absolute atomic E-state index is 14.4. The van der Waals surface area contributed by atoms with Crippen molar-refractivity contribution < 1.29 is 23.9 Å². The lowest BCUT2D eigenvalue weighted by atomic mass is 10.00. The van der Waals surface area contributed by atoms with Crippen LogP contribution in [0.25, 0.3) is 0 Å². The second-order valence-electron chi connectivity index (χ2n) is 8.57. The largest absolute Gasteiger partial charge is 0.505 e. The molecule has 3 aromatic rings. The Hall–Kier alpha value is -4.18. The number of carbonyl (C=O) groups excluding carboxylic acids is 3. The van der Waals surface area contributed by atoms with Gasteiger partial charge >= 0.3 is 0 Å². The molecule has 10 heteroatoms. The van der Waals surface area contributed by atoms with Gasteiger partial charge in [-0.1, -0.05) is 12.1 Å². The van der Waals surface area contributed by atoms with E-state index in [2.05, 4.69) is 25.9 Å². The Morgan fingerprint density at radius 2 is 1.58 bits per heavy atom. The number of pyridine rings is 2. The summed E-state index contributed by atoms with van der Waals surface area (Å²) in [5.74, 6) is -2.76. The predicted molar refractivity (Wildman–Crippen MR) is 129 cm³/mol. The number of aromatic hydroxyl groups is 1. The molecule has 1 aliphatic heterocycles. The van der Waals surface area contributed by atoms with Gasteiger partial charge in [-0.3, -0.25) is 24.4 Å². The van der Waals surface area contributed by atoms with E-state index in [1.807, 2.05) is 0 Å². The van der Waals surface area contributed by atoms with Crippen LogP contribution in [0.3, 0.4) is 0 Å². The minimum absolute atomic E-state index is 0.00406. The summed E-state index contributed by atoms with van der Waals surface area (Å²) < 4.78 is 14.4. The Labute approximate surface area is 207 Å². The molecular formula is C26H26FN5O4. The van der Waals surface area contributed by atoms with E-state index in [-0.39, 0.29) is 35.2 Å². The average molecular weight is 492 g/mol. The fourth-order valence-corrected chi connectivity index (χ4v) is 4.08. The Balaban J connectivity index is 1.46.